The van der Waals surface area contributed by atoms with Crippen LogP contribution >= 0.6 is 11.3 Å². The number of aryl methyl sites for hydroxylation is 1. The lowest BCUT2D eigenvalue weighted by Gasteiger charge is -2.28. The first-order valence-electron chi connectivity index (χ1n) is 10.4. The maximum atomic E-state index is 12.6. The number of fused-ring (bicyclic) bond motifs is 1. The SMILES string of the molecule is CCCC1CCC(c2ccc(C(=O)Nc3nc4ccc(C)cc4s3)cc2)CC1. The number of thiazole rings is 1. The average molecular weight is 393 g/mol. The van der Waals surface area contributed by atoms with E-state index in [0.29, 0.717) is 16.6 Å². The Morgan fingerprint density at radius 3 is 2.57 bits per heavy atom. The van der Waals surface area contributed by atoms with Gasteiger partial charge in [-0.15, -0.1) is 0 Å². The van der Waals surface area contributed by atoms with Gasteiger partial charge < -0.3 is 0 Å². The van der Waals surface area contributed by atoms with E-state index >= 15 is 0 Å². The zero-order valence-corrected chi connectivity index (χ0v) is 17.5. The number of carbonyl (C=O) groups is 1. The molecule has 0 aliphatic heterocycles. The summed E-state index contributed by atoms with van der Waals surface area (Å²) >= 11 is 1.52. The van der Waals surface area contributed by atoms with Crippen molar-refractivity contribution in [3.05, 3.63) is 59.2 Å². The lowest BCUT2D eigenvalue weighted by Crippen LogP contribution is -2.14. The van der Waals surface area contributed by atoms with E-state index in [1.165, 1.54) is 61.0 Å². The summed E-state index contributed by atoms with van der Waals surface area (Å²) in [6.45, 7) is 4.35. The molecule has 0 spiro atoms. The fourth-order valence-corrected chi connectivity index (χ4v) is 5.31. The summed E-state index contributed by atoms with van der Waals surface area (Å²) in [7, 11) is 0. The molecule has 28 heavy (non-hydrogen) atoms. The number of anilines is 1. The van der Waals surface area contributed by atoms with E-state index in [1.807, 2.05) is 24.3 Å². The van der Waals surface area contributed by atoms with Crippen LogP contribution in [0.5, 0.6) is 0 Å². The molecule has 0 atom stereocenters. The van der Waals surface area contributed by atoms with Gasteiger partial charge in [-0.05, 0) is 79.8 Å². The van der Waals surface area contributed by atoms with Crippen LogP contribution in [0.4, 0.5) is 5.13 Å². The minimum Gasteiger partial charge on any atom is -0.298 e. The van der Waals surface area contributed by atoms with Gasteiger partial charge in [0, 0.05) is 5.56 Å². The van der Waals surface area contributed by atoms with Crippen molar-refractivity contribution >= 4 is 32.6 Å². The van der Waals surface area contributed by atoms with Crippen molar-refractivity contribution in [1.29, 1.82) is 0 Å². The standard InChI is InChI=1S/C24H28N2OS/c1-3-4-17-6-8-18(9-7-17)19-10-12-20(13-11-19)23(27)26-24-25-21-14-5-16(2)15-22(21)28-24/h5,10-15,17-18H,3-4,6-9H2,1-2H3,(H,25,26,27). The Labute approximate surface area is 171 Å². The van der Waals surface area contributed by atoms with Crippen molar-refractivity contribution in [3.63, 3.8) is 0 Å². The average Bonchev–Trinajstić information content (AvgIpc) is 3.10. The molecule has 146 valence electrons. The summed E-state index contributed by atoms with van der Waals surface area (Å²) in [5.74, 6) is 1.48. The predicted octanol–water partition coefficient (Wildman–Crippen LogP) is 6.93. The minimum atomic E-state index is -0.0889. The highest BCUT2D eigenvalue weighted by Gasteiger charge is 2.22. The number of nitrogens with one attached hydrogen (secondary N) is 1. The van der Waals surface area contributed by atoms with Crippen molar-refractivity contribution in [2.45, 2.75) is 58.3 Å². The number of benzene rings is 2. The Morgan fingerprint density at radius 2 is 1.86 bits per heavy atom. The highest BCUT2D eigenvalue weighted by Crippen LogP contribution is 2.37. The first kappa shape index (κ1) is 19.1. The summed E-state index contributed by atoms with van der Waals surface area (Å²) in [5.41, 5.74) is 4.20. The van der Waals surface area contributed by atoms with E-state index in [0.717, 1.165) is 16.1 Å². The fourth-order valence-electron chi connectivity index (χ4n) is 4.35. The number of hydrogen-bond donors (Lipinski definition) is 1. The number of rotatable bonds is 5. The van der Waals surface area contributed by atoms with E-state index in [1.54, 1.807) is 0 Å². The molecule has 4 rings (SSSR count). The highest BCUT2D eigenvalue weighted by atomic mass is 32.1. The highest BCUT2D eigenvalue weighted by molar-refractivity contribution is 7.22. The van der Waals surface area contributed by atoms with Crippen molar-refractivity contribution < 1.29 is 4.79 Å². The van der Waals surface area contributed by atoms with Crippen molar-refractivity contribution in [1.82, 2.24) is 4.98 Å². The number of carbonyl (C=O) groups excluding carboxylic acids is 1. The molecule has 1 N–H and O–H groups in total. The summed E-state index contributed by atoms with van der Waals surface area (Å²) in [6.07, 6.45) is 7.92. The normalized spacial score (nSPS) is 19.6. The topological polar surface area (TPSA) is 42.0 Å². The molecule has 1 aromatic heterocycles. The summed E-state index contributed by atoms with van der Waals surface area (Å²) in [5, 5.41) is 3.61. The lowest BCUT2D eigenvalue weighted by atomic mass is 9.77. The van der Waals surface area contributed by atoms with Gasteiger partial charge in [-0.2, -0.15) is 0 Å². The van der Waals surface area contributed by atoms with Crippen LogP contribution in [-0.2, 0) is 0 Å². The molecule has 1 heterocycles. The number of amides is 1. The van der Waals surface area contributed by atoms with Crippen molar-refractivity contribution in [2.75, 3.05) is 5.32 Å². The minimum absolute atomic E-state index is 0.0889. The van der Waals surface area contributed by atoms with Gasteiger partial charge in [-0.25, -0.2) is 4.98 Å². The maximum absolute atomic E-state index is 12.6. The third-order valence-electron chi connectivity index (χ3n) is 5.95. The fraction of sp³-hybridized carbons (Fsp3) is 0.417. The summed E-state index contributed by atoms with van der Waals surface area (Å²) in [6, 6.07) is 14.3. The molecule has 1 aliphatic carbocycles. The van der Waals surface area contributed by atoms with Crippen molar-refractivity contribution in [2.24, 2.45) is 5.92 Å². The molecule has 4 heteroatoms. The Hall–Kier alpha value is -2.20. The van der Waals surface area contributed by atoms with Crippen LogP contribution in [0.25, 0.3) is 10.2 Å². The van der Waals surface area contributed by atoms with Gasteiger partial charge in [0.25, 0.3) is 5.91 Å². The number of nitrogens with zero attached hydrogens (tertiary/aromatic N) is 1. The van der Waals surface area contributed by atoms with Gasteiger partial charge in [0.05, 0.1) is 10.2 Å². The number of hydrogen-bond acceptors (Lipinski definition) is 3. The maximum Gasteiger partial charge on any atom is 0.257 e. The quantitative estimate of drug-likeness (QED) is 0.511. The molecule has 2 aromatic carbocycles. The Morgan fingerprint density at radius 1 is 1.11 bits per heavy atom. The van der Waals surface area contributed by atoms with Crippen LogP contribution in [0, 0.1) is 12.8 Å². The zero-order valence-electron chi connectivity index (χ0n) is 16.7. The largest absolute Gasteiger partial charge is 0.298 e. The molecule has 1 saturated carbocycles. The van der Waals surface area contributed by atoms with E-state index in [-0.39, 0.29) is 5.91 Å². The lowest BCUT2D eigenvalue weighted by molar-refractivity contribution is 0.102. The molecular weight excluding hydrogens is 364 g/mol. The van der Waals surface area contributed by atoms with Gasteiger partial charge in [0.2, 0.25) is 0 Å². The van der Waals surface area contributed by atoms with Crippen LogP contribution in [0.3, 0.4) is 0 Å². The van der Waals surface area contributed by atoms with Gasteiger partial charge in [0.1, 0.15) is 0 Å². The second-order valence-corrected chi connectivity index (χ2v) is 9.10. The molecule has 3 nitrogen and oxygen atoms in total. The van der Waals surface area contributed by atoms with Crippen molar-refractivity contribution in [3.8, 4) is 0 Å². The first-order valence-corrected chi connectivity index (χ1v) is 11.2. The van der Waals surface area contributed by atoms with Gasteiger partial charge in [-0.1, -0.05) is 49.3 Å². The van der Waals surface area contributed by atoms with E-state index in [4.69, 9.17) is 0 Å². The van der Waals surface area contributed by atoms with Gasteiger partial charge in [0.15, 0.2) is 5.13 Å². The molecular formula is C24H28N2OS. The molecule has 0 bridgehead atoms. The Bertz CT molecular complexity index is 952. The van der Waals surface area contributed by atoms with Crippen LogP contribution in [0.1, 0.15) is 72.9 Å². The molecule has 0 radical (unpaired) electrons. The third kappa shape index (κ3) is 4.27. The molecule has 1 amide bonds. The Balaban J connectivity index is 1.39. The zero-order chi connectivity index (χ0) is 19.5. The third-order valence-corrected chi connectivity index (χ3v) is 6.89. The van der Waals surface area contributed by atoms with Crippen LogP contribution < -0.4 is 5.32 Å². The van der Waals surface area contributed by atoms with Gasteiger partial charge in [-0.3, -0.25) is 10.1 Å². The number of aromatic nitrogens is 1. The second kappa shape index (κ2) is 8.44. The summed E-state index contributed by atoms with van der Waals surface area (Å²) < 4.78 is 1.10. The monoisotopic (exact) mass is 392 g/mol. The molecule has 0 saturated heterocycles. The molecule has 0 unspecified atom stereocenters. The molecule has 1 fully saturated rings. The van der Waals surface area contributed by atoms with Crippen LogP contribution in [-0.4, -0.2) is 10.9 Å². The van der Waals surface area contributed by atoms with E-state index in [9.17, 15) is 4.79 Å². The summed E-state index contributed by atoms with van der Waals surface area (Å²) in [4.78, 5) is 17.1. The Kier molecular flexibility index (Phi) is 5.77. The van der Waals surface area contributed by atoms with Crippen LogP contribution in [0.15, 0.2) is 42.5 Å². The van der Waals surface area contributed by atoms with E-state index in [2.05, 4.69) is 42.3 Å². The van der Waals surface area contributed by atoms with Gasteiger partial charge >= 0.3 is 0 Å². The first-order chi connectivity index (χ1) is 13.6. The van der Waals surface area contributed by atoms with Crippen LogP contribution in [0.2, 0.25) is 0 Å². The molecule has 1 aliphatic rings. The second-order valence-electron chi connectivity index (χ2n) is 8.07. The predicted molar refractivity (Wildman–Crippen MR) is 118 cm³/mol. The smallest absolute Gasteiger partial charge is 0.257 e. The molecule has 3 aromatic rings. The van der Waals surface area contributed by atoms with E-state index < -0.39 is 0 Å².